The molecule has 3 aliphatic rings. The number of aromatic nitrogens is 2. The van der Waals surface area contributed by atoms with Gasteiger partial charge in [-0.15, -0.1) is 0 Å². The zero-order valence-corrected chi connectivity index (χ0v) is 21.4. The molecule has 8 nitrogen and oxygen atoms in total. The molecule has 2 aromatic carbocycles. The number of benzene rings is 2. The van der Waals surface area contributed by atoms with E-state index in [4.69, 9.17) is 4.74 Å². The van der Waals surface area contributed by atoms with Gasteiger partial charge in [0.25, 0.3) is 0 Å². The summed E-state index contributed by atoms with van der Waals surface area (Å²) in [7, 11) is 0. The number of anilines is 1. The molecule has 3 aromatic rings. The van der Waals surface area contributed by atoms with Crippen molar-refractivity contribution in [1.29, 1.82) is 0 Å². The standard InChI is InChI=1S/C29H33N5O3/c1-20(2)34-18-21(16-31-34)17-32-13-11-29-24-9-3-4-10-25(24)33(28(29)36)19-26(35)30-12-6-14-37-23-8-5-7-22(15-23)27(29)32/h3-5,7-10,15-16,18,20,27H,6,11-14,17,19H2,1-2H3,(H,30,35)/t27-,29+/m0/s1. The van der Waals surface area contributed by atoms with Crippen molar-refractivity contribution in [2.75, 3.05) is 31.1 Å². The van der Waals surface area contributed by atoms with Gasteiger partial charge >= 0.3 is 0 Å². The first kappa shape index (κ1) is 23.7. The Labute approximate surface area is 217 Å². The Kier molecular flexibility index (Phi) is 5.99. The lowest BCUT2D eigenvalue weighted by Crippen LogP contribution is -2.47. The minimum atomic E-state index is -0.784. The van der Waals surface area contributed by atoms with Crippen LogP contribution < -0.4 is 15.0 Å². The fraction of sp³-hybridized carbons (Fsp3) is 0.414. The van der Waals surface area contributed by atoms with E-state index in [0.29, 0.717) is 32.5 Å². The summed E-state index contributed by atoms with van der Waals surface area (Å²) in [6, 6.07) is 16.2. The van der Waals surface area contributed by atoms with Crippen molar-refractivity contribution < 1.29 is 14.3 Å². The lowest BCUT2D eigenvalue weighted by atomic mass is 9.72. The first-order chi connectivity index (χ1) is 18.0. The molecule has 3 aliphatic heterocycles. The summed E-state index contributed by atoms with van der Waals surface area (Å²) < 4.78 is 8.02. The Hall–Kier alpha value is -3.65. The summed E-state index contributed by atoms with van der Waals surface area (Å²) in [6.45, 7) is 6.71. The van der Waals surface area contributed by atoms with Gasteiger partial charge in [-0.05, 0) is 56.0 Å². The van der Waals surface area contributed by atoms with Crippen LogP contribution in [0.5, 0.6) is 5.75 Å². The van der Waals surface area contributed by atoms with Gasteiger partial charge in [0.05, 0.1) is 24.3 Å². The third-order valence-electron chi connectivity index (χ3n) is 7.88. The Balaban J connectivity index is 1.49. The summed E-state index contributed by atoms with van der Waals surface area (Å²) in [5.74, 6) is 0.631. The highest BCUT2D eigenvalue weighted by atomic mass is 16.5. The molecule has 1 aromatic heterocycles. The van der Waals surface area contributed by atoms with Gasteiger partial charge in [0, 0.05) is 43.1 Å². The number of ether oxygens (including phenoxy) is 1. The molecule has 192 valence electrons. The highest BCUT2D eigenvalue weighted by molar-refractivity contribution is 6.11. The van der Waals surface area contributed by atoms with Crippen LogP contribution in [-0.4, -0.2) is 52.7 Å². The number of nitrogens with zero attached hydrogens (tertiary/aromatic N) is 4. The van der Waals surface area contributed by atoms with E-state index in [0.717, 1.165) is 34.7 Å². The number of amides is 2. The number of hydrogen-bond acceptors (Lipinski definition) is 5. The molecule has 1 saturated heterocycles. The van der Waals surface area contributed by atoms with E-state index < -0.39 is 5.41 Å². The van der Waals surface area contributed by atoms with E-state index in [1.807, 2.05) is 41.2 Å². The van der Waals surface area contributed by atoms with Crippen molar-refractivity contribution in [2.45, 2.75) is 50.7 Å². The number of carbonyl (C=O) groups is 2. The van der Waals surface area contributed by atoms with Gasteiger partial charge < -0.3 is 15.0 Å². The van der Waals surface area contributed by atoms with Crippen molar-refractivity contribution >= 4 is 17.5 Å². The SMILES string of the molecule is CC(C)n1cc(CN2CC[C@]34C(=O)N(CC(=O)NCCCOc5cccc(c5)[C@H]23)c2ccccc24)cn1. The van der Waals surface area contributed by atoms with Crippen molar-refractivity contribution in [2.24, 2.45) is 0 Å². The summed E-state index contributed by atoms with van der Waals surface area (Å²) in [4.78, 5) is 31.4. The molecule has 37 heavy (non-hydrogen) atoms. The molecule has 0 aliphatic carbocycles. The lowest BCUT2D eigenvalue weighted by molar-refractivity contribution is -0.127. The Morgan fingerprint density at radius 2 is 2.03 bits per heavy atom. The predicted octanol–water partition coefficient (Wildman–Crippen LogP) is 3.59. The number of para-hydroxylation sites is 1. The van der Waals surface area contributed by atoms with Crippen LogP contribution in [0.4, 0.5) is 5.69 Å². The smallest absolute Gasteiger partial charge is 0.240 e. The number of carbonyl (C=O) groups excluding carboxylic acids is 2. The van der Waals surface area contributed by atoms with Crippen LogP contribution in [0.3, 0.4) is 0 Å². The van der Waals surface area contributed by atoms with Crippen molar-refractivity contribution in [1.82, 2.24) is 20.0 Å². The highest BCUT2D eigenvalue weighted by Crippen LogP contribution is 2.57. The van der Waals surface area contributed by atoms with E-state index in [-0.39, 0.29) is 30.4 Å². The molecule has 0 saturated carbocycles. The third-order valence-corrected chi connectivity index (χ3v) is 7.88. The van der Waals surface area contributed by atoms with Gasteiger partial charge in [-0.1, -0.05) is 30.3 Å². The summed E-state index contributed by atoms with van der Waals surface area (Å²) in [6.07, 6.45) is 5.39. The molecule has 1 N–H and O–H groups in total. The second-order valence-corrected chi connectivity index (χ2v) is 10.5. The van der Waals surface area contributed by atoms with Crippen LogP contribution in [0, 0.1) is 0 Å². The molecule has 1 spiro atoms. The maximum absolute atomic E-state index is 14.4. The summed E-state index contributed by atoms with van der Waals surface area (Å²) in [5, 5.41) is 7.50. The van der Waals surface area contributed by atoms with Gasteiger partial charge in [-0.3, -0.25) is 19.2 Å². The molecular formula is C29H33N5O3. The monoisotopic (exact) mass is 499 g/mol. The third kappa shape index (κ3) is 4.00. The molecule has 2 atom stereocenters. The number of fused-ring (bicyclic) bond motifs is 6. The first-order valence-electron chi connectivity index (χ1n) is 13.2. The minimum Gasteiger partial charge on any atom is -0.494 e. The fourth-order valence-corrected chi connectivity index (χ4v) is 6.22. The van der Waals surface area contributed by atoms with Crippen LogP contribution in [-0.2, 0) is 21.5 Å². The van der Waals surface area contributed by atoms with Gasteiger partial charge in [-0.2, -0.15) is 5.10 Å². The zero-order valence-electron chi connectivity index (χ0n) is 21.4. The number of nitrogens with one attached hydrogen (secondary N) is 1. The van der Waals surface area contributed by atoms with Crippen LogP contribution in [0.1, 0.15) is 55.5 Å². The Bertz CT molecular complexity index is 1330. The summed E-state index contributed by atoms with van der Waals surface area (Å²) >= 11 is 0. The van der Waals surface area contributed by atoms with Crippen molar-refractivity contribution in [3.05, 3.63) is 77.6 Å². The molecule has 4 heterocycles. The summed E-state index contributed by atoms with van der Waals surface area (Å²) in [5.41, 5.74) is 3.22. The van der Waals surface area contributed by atoms with Crippen LogP contribution in [0.2, 0.25) is 0 Å². The van der Waals surface area contributed by atoms with E-state index >= 15 is 0 Å². The average molecular weight is 500 g/mol. The molecule has 0 unspecified atom stereocenters. The van der Waals surface area contributed by atoms with Gasteiger partial charge in [0.15, 0.2) is 0 Å². The van der Waals surface area contributed by atoms with Crippen molar-refractivity contribution in [3.63, 3.8) is 0 Å². The van der Waals surface area contributed by atoms with Gasteiger partial charge in [0.2, 0.25) is 11.8 Å². The zero-order chi connectivity index (χ0) is 25.6. The molecule has 4 bridgehead atoms. The first-order valence-corrected chi connectivity index (χ1v) is 13.2. The quantitative estimate of drug-likeness (QED) is 0.596. The molecule has 0 radical (unpaired) electrons. The van der Waals surface area contributed by atoms with E-state index in [9.17, 15) is 9.59 Å². The van der Waals surface area contributed by atoms with Crippen LogP contribution >= 0.6 is 0 Å². The van der Waals surface area contributed by atoms with Crippen molar-refractivity contribution in [3.8, 4) is 5.75 Å². The van der Waals surface area contributed by atoms with Crippen LogP contribution in [0.25, 0.3) is 0 Å². The maximum atomic E-state index is 14.4. The number of likely N-dealkylation sites (tertiary alicyclic amines) is 1. The maximum Gasteiger partial charge on any atom is 0.240 e. The Morgan fingerprint density at radius 3 is 2.86 bits per heavy atom. The lowest BCUT2D eigenvalue weighted by Gasteiger charge is -2.35. The molecule has 2 amide bonds. The Morgan fingerprint density at radius 1 is 1.16 bits per heavy atom. The fourth-order valence-electron chi connectivity index (χ4n) is 6.22. The second kappa shape index (κ2) is 9.34. The molecule has 6 rings (SSSR count). The minimum absolute atomic E-state index is 0.00222. The number of rotatable bonds is 3. The van der Waals surface area contributed by atoms with Gasteiger partial charge in [-0.25, -0.2) is 0 Å². The molecular weight excluding hydrogens is 466 g/mol. The molecule has 8 heteroatoms. The van der Waals surface area contributed by atoms with Gasteiger partial charge in [0.1, 0.15) is 12.3 Å². The van der Waals surface area contributed by atoms with E-state index in [1.165, 1.54) is 0 Å². The molecule has 1 fully saturated rings. The normalized spacial score (nSPS) is 23.9. The predicted molar refractivity (Wildman–Crippen MR) is 140 cm³/mol. The largest absolute Gasteiger partial charge is 0.494 e. The topological polar surface area (TPSA) is 79.7 Å². The second-order valence-electron chi connectivity index (χ2n) is 10.5. The number of hydrogen-bond donors (Lipinski definition) is 1. The van der Waals surface area contributed by atoms with E-state index in [1.54, 1.807) is 4.90 Å². The van der Waals surface area contributed by atoms with Crippen LogP contribution in [0.15, 0.2) is 60.9 Å². The van der Waals surface area contributed by atoms with E-state index in [2.05, 4.69) is 53.6 Å². The average Bonchev–Trinajstić information content (AvgIpc) is 3.57. The highest BCUT2D eigenvalue weighted by Gasteiger charge is 2.60.